The first-order valence-electron chi connectivity index (χ1n) is 9.73. The van der Waals surface area contributed by atoms with Gasteiger partial charge in [0, 0.05) is 11.1 Å². The van der Waals surface area contributed by atoms with Crippen molar-refractivity contribution in [2.45, 2.75) is 30.6 Å². The van der Waals surface area contributed by atoms with Gasteiger partial charge in [-0.25, -0.2) is 0 Å². The van der Waals surface area contributed by atoms with Crippen molar-refractivity contribution in [2.24, 2.45) is 0 Å². The number of carbonyl (C=O) groups excluding carboxylic acids is 2. The molecule has 2 amide bonds. The summed E-state index contributed by atoms with van der Waals surface area (Å²) in [7, 11) is -3.85. The van der Waals surface area contributed by atoms with Gasteiger partial charge in [0.05, 0.1) is 18.9 Å². The molecule has 11 heteroatoms. The zero-order chi connectivity index (χ0) is 23.3. The molecule has 2 aromatic carbocycles. The van der Waals surface area contributed by atoms with Gasteiger partial charge in [0.25, 0.3) is 21.9 Å². The molecule has 1 heterocycles. The van der Waals surface area contributed by atoms with Crippen LogP contribution >= 0.6 is 0 Å². The number of amides is 2. The molecular weight excluding hydrogens is 440 g/mol. The second-order valence-electron chi connectivity index (χ2n) is 7.27. The summed E-state index contributed by atoms with van der Waals surface area (Å²) in [4.78, 5) is 25.3. The Kier molecular flexibility index (Phi) is 7.59. The van der Waals surface area contributed by atoms with E-state index in [1.54, 1.807) is 60.7 Å². The monoisotopic (exact) mass is 464 g/mol. The lowest BCUT2D eigenvalue weighted by atomic mass is 9.93. The second-order valence-corrected chi connectivity index (χ2v) is 8.92. The maximum absolute atomic E-state index is 12.7. The van der Waals surface area contributed by atoms with Crippen LogP contribution < -0.4 is 10.6 Å². The predicted molar refractivity (Wildman–Crippen MR) is 113 cm³/mol. The Morgan fingerprint density at radius 1 is 0.906 bits per heavy atom. The van der Waals surface area contributed by atoms with Gasteiger partial charge < -0.3 is 25.6 Å². The van der Waals surface area contributed by atoms with Gasteiger partial charge in [0.2, 0.25) is 0 Å². The van der Waals surface area contributed by atoms with Crippen LogP contribution in [0.5, 0.6) is 0 Å². The molecule has 0 saturated carbocycles. The molecule has 3 rings (SSSR count). The maximum Gasteiger partial charge on any atom is 0.264 e. The van der Waals surface area contributed by atoms with E-state index in [9.17, 15) is 28.2 Å². The number of hydrogen-bond donors (Lipinski definition) is 4. The van der Waals surface area contributed by atoms with E-state index >= 15 is 0 Å². The fourth-order valence-corrected chi connectivity index (χ4v) is 3.66. The summed E-state index contributed by atoms with van der Waals surface area (Å²) in [5, 5.41) is 26.5. The number of rotatable bonds is 7. The fourth-order valence-electron chi connectivity index (χ4n) is 3.28. The highest BCUT2D eigenvalue weighted by Gasteiger charge is 2.46. The molecule has 5 atom stereocenters. The molecule has 1 aliphatic heterocycles. The van der Waals surface area contributed by atoms with E-state index in [1.165, 1.54) is 0 Å². The minimum absolute atomic E-state index is 0.290. The van der Waals surface area contributed by atoms with Gasteiger partial charge in [0.1, 0.15) is 18.2 Å². The van der Waals surface area contributed by atoms with Crippen LogP contribution in [0.2, 0.25) is 0 Å². The number of nitrogens with one attached hydrogen (secondary N) is 2. The van der Waals surface area contributed by atoms with E-state index in [4.69, 9.17) is 4.74 Å². The van der Waals surface area contributed by atoms with Gasteiger partial charge >= 0.3 is 0 Å². The standard InChI is InChI=1S/C21H24N2O8S/c1-32(28,29)30-12-15-18(24)16(22-19(25)13-8-4-2-5-9-13)17(21(27)31-15)23-20(26)14-10-6-3-7-11-14/h2-11,15-18,21,24,27H,12H2,1H3,(H,22,25)(H,23,26)/t15-,16-,17-,18+,21-/m1/s1. The molecule has 0 unspecified atom stereocenters. The maximum atomic E-state index is 12.7. The van der Waals surface area contributed by atoms with Crippen molar-refractivity contribution < 1.29 is 37.1 Å². The average Bonchev–Trinajstić information content (AvgIpc) is 2.77. The lowest BCUT2D eigenvalue weighted by molar-refractivity contribution is -0.226. The minimum atomic E-state index is -3.85. The fraction of sp³-hybridized carbons (Fsp3) is 0.333. The number of benzene rings is 2. The normalized spacial score (nSPS) is 25.7. The van der Waals surface area contributed by atoms with Gasteiger partial charge in [-0.2, -0.15) is 8.42 Å². The molecule has 1 saturated heterocycles. The second kappa shape index (κ2) is 10.2. The molecular formula is C21H24N2O8S. The topological polar surface area (TPSA) is 151 Å². The van der Waals surface area contributed by atoms with Crippen molar-refractivity contribution >= 4 is 21.9 Å². The molecule has 1 fully saturated rings. The quantitative estimate of drug-likeness (QED) is 0.406. The van der Waals surface area contributed by atoms with Crippen LogP contribution in [-0.2, 0) is 19.0 Å². The molecule has 1 aliphatic rings. The first-order valence-corrected chi connectivity index (χ1v) is 11.5. The van der Waals surface area contributed by atoms with E-state index in [2.05, 4.69) is 14.8 Å². The van der Waals surface area contributed by atoms with Crippen molar-refractivity contribution in [2.75, 3.05) is 12.9 Å². The zero-order valence-electron chi connectivity index (χ0n) is 17.1. The van der Waals surface area contributed by atoms with Crippen LogP contribution in [0, 0.1) is 0 Å². The molecule has 172 valence electrons. The van der Waals surface area contributed by atoms with Gasteiger partial charge in [-0.3, -0.25) is 13.8 Å². The Morgan fingerprint density at radius 3 is 1.84 bits per heavy atom. The van der Waals surface area contributed by atoms with Crippen LogP contribution in [0.25, 0.3) is 0 Å². The highest BCUT2D eigenvalue weighted by atomic mass is 32.2. The Labute approximate surface area is 185 Å². The van der Waals surface area contributed by atoms with Gasteiger partial charge in [0.15, 0.2) is 6.29 Å². The van der Waals surface area contributed by atoms with E-state index in [0.717, 1.165) is 6.26 Å². The van der Waals surface area contributed by atoms with Gasteiger partial charge in [-0.1, -0.05) is 36.4 Å². The lowest BCUT2D eigenvalue weighted by Crippen LogP contribution is -2.69. The smallest absolute Gasteiger partial charge is 0.264 e. The summed E-state index contributed by atoms with van der Waals surface area (Å²) < 4.78 is 32.6. The van der Waals surface area contributed by atoms with Crippen molar-refractivity contribution in [3.63, 3.8) is 0 Å². The first-order chi connectivity index (χ1) is 15.2. The third-order valence-corrected chi connectivity index (χ3v) is 5.44. The van der Waals surface area contributed by atoms with E-state index < -0.39 is 59.1 Å². The summed E-state index contributed by atoms with van der Waals surface area (Å²) in [6.07, 6.45) is -3.63. The average molecular weight is 464 g/mol. The summed E-state index contributed by atoms with van der Waals surface area (Å²) in [6, 6.07) is 13.9. The van der Waals surface area contributed by atoms with Crippen molar-refractivity contribution in [1.29, 1.82) is 0 Å². The molecule has 0 radical (unpaired) electrons. The van der Waals surface area contributed by atoms with Crippen LogP contribution in [0.15, 0.2) is 60.7 Å². The Morgan fingerprint density at radius 2 is 1.38 bits per heavy atom. The van der Waals surface area contributed by atoms with E-state index in [0.29, 0.717) is 5.56 Å². The molecule has 0 bridgehead atoms. The third kappa shape index (κ3) is 6.11. The highest BCUT2D eigenvalue weighted by molar-refractivity contribution is 7.85. The third-order valence-electron chi connectivity index (χ3n) is 4.87. The lowest BCUT2D eigenvalue weighted by Gasteiger charge is -2.43. The molecule has 0 aromatic heterocycles. The van der Waals surface area contributed by atoms with Crippen LogP contribution in [0.4, 0.5) is 0 Å². The largest absolute Gasteiger partial charge is 0.388 e. The summed E-state index contributed by atoms with van der Waals surface area (Å²) in [5.74, 6) is -1.12. The molecule has 0 aliphatic carbocycles. The van der Waals surface area contributed by atoms with Crippen LogP contribution in [-0.4, -0.2) is 73.9 Å². The van der Waals surface area contributed by atoms with E-state index in [1.807, 2.05) is 0 Å². The van der Waals surface area contributed by atoms with Crippen molar-refractivity contribution in [3.05, 3.63) is 71.8 Å². The van der Waals surface area contributed by atoms with Crippen LogP contribution in [0.3, 0.4) is 0 Å². The zero-order valence-corrected chi connectivity index (χ0v) is 17.9. The minimum Gasteiger partial charge on any atom is -0.388 e. The molecule has 4 N–H and O–H groups in total. The Bertz CT molecular complexity index is 1030. The van der Waals surface area contributed by atoms with Gasteiger partial charge in [-0.05, 0) is 24.3 Å². The Balaban J connectivity index is 1.83. The first kappa shape index (κ1) is 23.8. The number of carbonyl (C=O) groups is 2. The molecule has 2 aromatic rings. The summed E-state index contributed by atoms with van der Waals surface area (Å²) in [6.45, 7) is -0.589. The number of aliphatic hydroxyl groups excluding tert-OH is 2. The summed E-state index contributed by atoms with van der Waals surface area (Å²) in [5.41, 5.74) is 0.586. The summed E-state index contributed by atoms with van der Waals surface area (Å²) >= 11 is 0. The molecule has 10 nitrogen and oxygen atoms in total. The molecule has 32 heavy (non-hydrogen) atoms. The van der Waals surface area contributed by atoms with Crippen LogP contribution in [0.1, 0.15) is 20.7 Å². The van der Waals surface area contributed by atoms with Crippen molar-refractivity contribution in [1.82, 2.24) is 10.6 Å². The van der Waals surface area contributed by atoms with E-state index in [-0.39, 0.29) is 5.56 Å². The number of ether oxygens (including phenoxy) is 1. The number of hydrogen-bond acceptors (Lipinski definition) is 8. The van der Waals surface area contributed by atoms with Crippen molar-refractivity contribution in [3.8, 4) is 0 Å². The molecule has 0 spiro atoms. The highest BCUT2D eigenvalue weighted by Crippen LogP contribution is 2.22. The predicted octanol–water partition coefficient (Wildman–Crippen LogP) is -0.362. The SMILES string of the molecule is CS(=O)(=O)OC[C@H]1O[C@@H](O)[C@H](NC(=O)c2ccccc2)[C@@H](NC(=O)c2ccccc2)[C@H]1O. The number of aliphatic hydroxyl groups is 2. The Hall–Kier alpha value is -2.83. The van der Waals surface area contributed by atoms with Gasteiger partial charge in [-0.15, -0.1) is 0 Å².